The fraction of sp³-hybridized carbons (Fsp3) is 0.636. The molecular formula is C11H17NO6S. The molecule has 0 heterocycles. The van der Waals surface area contributed by atoms with Crippen LogP contribution in [0.1, 0.15) is 20.8 Å². The van der Waals surface area contributed by atoms with Gasteiger partial charge < -0.3 is 15.1 Å². The Balaban J connectivity index is 4.83. The number of hydrogen-bond donors (Lipinski definition) is 2. The molecule has 0 saturated heterocycles. The molecule has 0 bridgehead atoms. The quantitative estimate of drug-likeness (QED) is 0.693. The van der Waals surface area contributed by atoms with Crippen molar-refractivity contribution in [2.45, 2.75) is 26.8 Å². The van der Waals surface area contributed by atoms with Gasteiger partial charge in [-0.1, -0.05) is 18.7 Å². The monoisotopic (exact) mass is 291 g/mol. The zero-order valence-corrected chi connectivity index (χ0v) is 11.8. The maximum atomic E-state index is 12.0. The topological polar surface area (TPSA) is 112 Å². The fourth-order valence-electron chi connectivity index (χ4n) is 1.28. The number of thioether (sulfide) groups is 1. The second-order valence-corrected chi connectivity index (χ2v) is 5.27. The SMILES string of the molecule is CC(=O)SC[C@@H](C)C(=O)N(CC(=O)O)[C@@H](C)C(=O)O. The summed E-state index contributed by atoms with van der Waals surface area (Å²) in [6.45, 7) is 3.45. The van der Waals surface area contributed by atoms with Gasteiger partial charge in [0.05, 0.1) is 0 Å². The molecule has 0 rings (SSSR count). The molecule has 0 radical (unpaired) electrons. The van der Waals surface area contributed by atoms with Crippen molar-refractivity contribution in [1.82, 2.24) is 4.90 Å². The van der Waals surface area contributed by atoms with Crippen molar-refractivity contribution in [3.05, 3.63) is 0 Å². The number of rotatable bonds is 7. The third kappa shape index (κ3) is 6.23. The minimum atomic E-state index is -1.28. The van der Waals surface area contributed by atoms with Crippen molar-refractivity contribution in [1.29, 1.82) is 0 Å². The fourth-order valence-corrected chi connectivity index (χ4v) is 1.91. The Morgan fingerprint density at radius 3 is 2.05 bits per heavy atom. The first-order valence-corrected chi connectivity index (χ1v) is 6.53. The maximum absolute atomic E-state index is 12.0. The van der Waals surface area contributed by atoms with Crippen LogP contribution in [0.15, 0.2) is 0 Å². The Kier molecular flexibility index (Phi) is 7.13. The van der Waals surface area contributed by atoms with Gasteiger partial charge in [0.15, 0.2) is 5.12 Å². The molecule has 0 aliphatic carbocycles. The molecule has 0 aromatic rings. The van der Waals surface area contributed by atoms with Gasteiger partial charge in [-0.05, 0) is 6.92 Å². The third-order valence-corrected chi connectivity index (χ3v) is 3.44. The van der Waals surface area contributed by atoms with E-state index in [4.69, 9.17) is 10.2 Å². The Morgan fingerprint density at radius 1 is 1.16 bits per heavy atom. The number of aliphatic carboxylic acids is 2. The summed E-state index contributed by atoms with van der Waals surface area (Å²) in [7, 11) is 0. The lowest BCUT2D eigenvalue weighted by atomic mass is 10.1. The zero-order chi connectivity index (χ0) is 15.2. The van der Waals surface area contributed by atoms with Crippen LogP contribution < -0.4 is 0 Å². The van der Waals surface area contributed by atoms with Gasteiger partial charge in [0.25, 0.3) is 0 Å². The van der Waals surface area contributed by atoms with E-state index in [9.17, 15) is 19.2 Å². The summed E-state index contributed by atoms with van der Waals surface area (Å²) < 4.78 is 0. The predicted molar refractivity (Wildman–Crippen MR) is 68.7 cm³/mol. The number of carbonyl (C=O) groups is 4. The van der Waals surface area contributed by atoms with Gasteiger partial charge in [-0.2, -0.15) is 0 Å². The lowest BCUT2D eigenvalue weighted by molar-refractivity contribution is -0.154. The van der Waals surface area contributed by atoms with E-state index in [2.05, 4.69) is 0 Å². The van der Waals surface area contributed by atoms with E-state index < -0.39 is 36.4 Å². The molecule has 7 nitrogen and oxygen atoms in total. The maximum Gasteiger partial charge on any atom is 0.326 e. The standard InChI is InChI=1S/C11H17NO6S/c1-6(5-19-8(3)13)10(16)12(4-9(14)15)7(2)11(17)18/h6-7H,4-5H2,1-3H3,(H,14,15)(H,17,18)/t6-,7+/m1/s1. The predicted octanol–water partition coefficient (Wildman–Crippen LogP) is 0.289. The van der Waals surface area contributed by atoms with Crippen molar-refractivity contribution in [3.63, 3.8) is 0 Å². The molecule has 1 amide bonds. The highest BCUT2D eigenvalue weighted by Gasteiger charge is 2.30. The lowest BCUT2D eigenvalue weighted by Crippen LogP contribution is -2.48. The molecule has 0 aliphatic heterocycles. The van der Waals surface area contributed by atoms with Crippen molar-refractivity contribution in [2.75, 3.05) is 12.3 Å². The van der Waals surface area contributed by atoms with Crippen LogP contribution in [0.3, 0.4) is 0 Å². The van der Waals surface area contributed by atoms with Crippen molar-refractivity contribution < 1.29 is 29.4 Å². The number of nitrogens with zero attached hydrogens (tertiary/aromatic N) is 1. The average Bonchev–Trinajstić information content (AvgIpc) is 2.30. The summed E-state index contributed by atoms with van der Waals surface area (Å²) in [6, 6.07) is -1.23. The summed E-state index contributed by atoms with van der Waals surface area (Å²) in [4.78, 5) is 45.2. The number of hydrogen-bond acceptors (Lipinski definition) is 5. The van der Waals surface area contributed by atoms with E-state index in [1.807, 2.05) is 0 Å². The minimum Gasteiger partial charge on any atom is -0.480 e. The molecule has 0 fully saturated rings. The Hall–Kier alpha value is -1.57. The molecule has 0 saturated carbocycles. The molecule has 108 valence electrons. The normalized spacial score (nSPS) is 13.4. The molecule has 0 aliphatic rings. The molecule has 19 heavy (non-hydrogen) atoms. The van der Waals surface area contributed by atoms with E-state index in [-0.39, 0.29) is 10.9 Å². The van der Waals surface area contributed by atoms with Gasteiger partial charge in [0.1, 0.15) is 12.6 Å². The van der Waals surface area contributed by atoms with Crippen LogP contribution in [0.2, 0.25) is 0 Å². The van der Waals surface area contributed by atoms with E-state index in [1.165, 1.54) is 20.8 Å². The van der Waals surface area contributed by atoms with E-state index in [1.54, 1.807) is 0 Å². The van der Waals surface area contributed by atoms with Crippen LogP contribution >= 0.6 is 11.8 Å². The molecule has 8 heteroatoms. The molecule has 2 N–H and O–H groups in total. The van der Waals surface area contributed by atoms with Gasteiger partial charge in [-0.3, -0.25) is 14.4 Å². The molecule has 2 atom stereocenters. The number of carboxylic acids is 2. The van der Waals surface area contributed by atoms with Gasteiger partial charge in [-0.15, -0.1) is 0 Å². The highest BCUT2D eigenvalue weighted by Crippen LogP contribution is 2.14. The second-order valence-electron chi connectivity index (χ2n) is 4.08. The van der Waals surface area contributed by atoms with Crippen LogP contribution in [0.5, 0.6) is 0 Å². The van der Waals surface area contributed by atoms with Crippen LogP contribution in [0, 0.1) is 5.92 Å². The third-order valence-electron chi connectivity index (χ3n) is 2.37. The highest BCUT2D eigenvalue weighted by molar-refractivity contribution is 8.13. The largest absolute Gasteiger partial charge is 0.480 e. The first-order chi connectivity index (χ1) is 8.66. The van der Waals surface area contributed by atoms with Crippen LogP contribution in [0.4, 0.5) is 0 Å². The van der Waals surface area contributed by atoms with Gasteiger partial charge in [0, 0.05) is 18.6 Å². The summed E-state index contributed by atoms with van der Waals surface area (Å²) in [5, 5.41) is 17.4. The van der Waals surface area contributed by atoms with Crippen molar-refractivity contribution in [3.8, 4) is 0 Å². The van der Waals surface area contributed by atoms with Gasteiger partial charge in [0.2, 0.25) is 5.91 Å². The smallest absolute Gasteiger partial charge is 0.326 e. The molecule has 0 unspecified atom stereocenters. The second kappa shape index (κ2) is 7.78. The van der Waals surface area contributed by atoms with Gasteiger partial charge in [-0.25, -0.2) is 4.79 Å². The number of amides is 1. The molecule has 0 spiro atoms. The first kappa shape index (κ1) is 17.4. The summed E-state index contributed by atoms with van der Waals surface area (Å²) in [6.07, 6.45) is 0. The molecule has 0 aromatic heterocycles. The highest BCUT2D eigenvalue weighted by atomic mass is 32.2. The summed E-state index contributed by atoms with van der Waals surface area (Å²) in [5.41, 5.74) is 0. The average molecular weight is 291 g/mol. The Morgan fingerprint density at radius 2 is 1.68 bits per heavy atom. The minimum absolute atomic E-state index is 0.157. The number of carboxylic acid groups (broad SMARTS) is 2. The van der Waals surface area contributed by atoms with Crippen LogP contribution in [-0.4, -0.2) is 56.4 Å². The zero-order valence-electron chi connectivity index (χ0n) is 11.0. The Labute approximate surface area is 115 Å². The van der Waals surface area contributed by atoms with Crippen LogP contribution in [0.25, 0.3) is 0 Å². The summed E-state index contributed by atoms with van der Waals surface area (Å²) >= 11 is 0.943. The number of carbonyl (C=O) groups excluding carboxylic acids is 2. The van der Waals surface area contributed by atoms with E-state index >= 15 is 0 Å². The van der Waals surface area contributed by atoms with Gasteiger partial charge >= 0.3 is 11.9 Å². The van der Waals surface area contributed by atoms with Crippen molar-refractivity contribution in [2.24, 2.45) is 5.92 Å². The summed E-state index contributed by atoms with van der Waals surface area (Å²) in [5.74, 6) is -3.59. The Bertz CT molecular complexity index is 383. The lowest BCUT2D eigenvalue weighted by Gasteiger charge is -2.27. The molecular weight excluding hydrogens is 274 g/mol. The molecule has 0 aromatic carbocycles. The van der Waals surface area contributed by atoms with Crippen LogP contribution in [-0.2, 0) is 19.2 Å². The van der Waals surface area contributed by atoms with E-state index in [0.29, 0.717) is 0 Å². The van der Waals surface area contributed by atoms with Crippen molar-refractivity contribution >= 4 is 34.7 Å². The van der Waals surface area contributed by atoms with E-state index in [0.717, 1.165) is 16.7 Å². The first-order valence-electron chi connectivity index (χ1n) is 5.55.